The van der Waals surface area contributed by atoms with E-state index in [1.165, 1.54) is 0 Å². The molecule has 5 heteroatoms. The van der Waals surface area contributed by atoms with Gasteiger partial charge in [0.2, 0.25) is 11.8 Å². The molecule has 0 aromatic rings. The molecule has 3 aliphatic rings. The highest BCUT2D eigenvalue weighted by Crippen LogP contribution is 2.33. The summed E-state index contributed by atoms with van der Waals surface area (Å²) in [6, 6.07) is -0.00477. The number of carbonyl (C=O) groups is 2. The fourth-order valence-corrected chi connectivity index (χ4v) is 3.87. The van der Waals surface area contributed by atoms with Gasteiger partial charge in [0.05, 0.1) is 12.1 Å². The lowest BCUT2D eigenvalue weighted by molar-refractivity contribution is -0.156. The number of hydrogen-bond acceptors (Lipinski definition) is 3. The molecule has 20 heavy (non-hydrogen) atoms. The number of carbonyl (C=O) groups excluding carboxylic acids is 2. The van der Waals surface area contributed by atoms with Crippen molar-refractivity contribution in [3.8, 4) is 0 Å². The summed E-state index contributed by atoms with van der Waals surface area (Å²) < 4.78 is 5.70. The number of nitrogens with one attached hydrogen (secondary N) is 1. The molecule has 3 rings (SSSR count). The van der Waals surface area contributed by atoms with E-state index in [1.807, 2.05) is 6.92 Å². The molecule has 0 radical (unpaired) electrons. The Morgan fingerprint density at radius 3 is 2.65 bits per heavy atom. The molecular weight excluding hydrogens is 256 g/mol. The molecule has 1 spiro atoms. The highest BCUT2D eigenvalue weighted by atomic mass is 16.5. The zero-order chi connectivity index (χ0) is 14.2. The first-order valence-corrected chi connectivity index (χ1v) is 7.86. The van der Waals surface area contributed by atoms with Crippen LogP contribution in [0, 0.1) is 0 Å². The first kappa shape index (κ1) is 13.9. The van der Waals surface area contributed by atoms with Crippen LogP contribution >= 0.6 is 0 Å². The quantitative estimate of drug-likeness (QED) is 0.827. The molecule has 0 aromatic carbocycles. The van der Waals surface area contributed by atoms with E-state index in [-0.39, 0.29) is 30.5 Å². The van der Waals surface area contributed by atoms with Gasteiger partial charge in [-0.3, -0.25) is 9.59 Å². The van der Waals surface area contributed by atoms with Gasteiger partial charge in [0.15, 0.2) is 0 Å². The second kappa shape index (κ2) is 5.35. The number of amides is 2. The Hall–Kier alpha value is -1.10. The van der Waals surface area contributed by atoms with Crippen LogP contribution in [-0.2, 0) is 14.3 Å². The standard InChI is InChI=1S/C15H24N2O3/c1-11(12-6-5-9-20-12)17-10-13(18)16-15(14(17)19)7-3-2-4-8-15/h11-12H,2-10H2,1H3,(H,16,18). The smallest absolute Gasteiger partial charge is 0.249 e. The van der Waals surface area contributed by atoms with E-state index >= 15 is 0 Å². The summed E-state index contributed by atoms with van der Waals surface area (Å²) in [5, 5.41) is 2.99. The molecule has 2 saturated heterocycles. The molecule has 2 amide bonds. The van der Waals surface area contributed by atoms with Gasteiger partial charge in [-0.25, -0.2) is 0 Å². The fourth-order valence-electron chi connectivity index (χ4n) is 3.87. The minimum absolute atomic E-state index is 0.00477. The Labute approximate surface area is 120 Å². The highest BCUT2D eigenvalue weighted by molar-refractivity contribution is 5.98. The van der Waals surface area contributed by atoms with Crippen LogP contribution in [0.3, 0.4) is 0 Å². The van der Waals surface area contributed by atoms with Crippen LogP contribution < -0.4 is 5.32 Å². The molecule has 2 atom stereocenters. The topological polar surface area (TPSA) is 58.6 Å². The van der Waals surface area contributed by atoms with Crippen LogP contribution in [0.25, 0.3) is 0 Å². The molecule has 1 saturated carbocycles. The molecule has 2 aliphatic heterocycles. The Morgan fingerprint density at radius 2 is 2.00 bits per heavy atom. The van der Waals surface area contributed by atoms with Gasteiger partial charge in [-0.05, 0) is 32.6 Å². The summed E-state index contributed by atoms with van der Waals surface area (Å²) in [5.41, 5.74) is -0.625. The summed E-state index contributed by atoms with van der Waals surface area (Å²) >= 11 is 0. The SMILES string of the molecule is CC(C1CCCO1)N1CC(=O)NC2(CCCCC2)C1=O. The molecular formula is C15H24N2O3. The van der Waals surface area contributed by atoms with Crippen LogP contribution in [0.4, 0.5) is 0 Å². The van der Waals surface area contributed by atoms with Crippen molar-refractivity contribution < 1.29 is 14.3 Å². The maximum Gasteiger partial charge on any atom is 0.249 e. The van der Waals surface area contributed by atoms with Crippen LogP contribution in [0.1, 0.15) is 51.9 Å². The lowest BCUT2D eigenvalue weighted by Crippen LogP contribution is -2.69. The number of nitrogens with zero attached hydrogens (tertiary/aromatic N) is 1. The first-order valence-electron chi connectivity index (χ1n) is 7.86. The van der Waals surface area contributed by atoms with E-state index in [0.717, 1.165) is 51.6 Å². The van der Waals surface area contributed by atoms with E-state index in [0.29, 0.717) is 0 Å². The van der Waals surface area contributed by atoms with Gasteiger partial charge < -0.3 is 15.0 Å². The first-order chi connectivity index (χ1) is 9.62. The Kier molecular flexibility index (Phi) is 3.71. The Bertz CT molecular complexity index is 398. The largest absolute Gasteiger partial charge is 0.376 e. The zero-order valence-corrected chi connectivity index (χ0v) is 12.2. The zero-order valence-electron chi connectivity index (χ0n) is 12.2. The second-order valence-electron chi connectivity index (χ2n) is 6.42. The predicted molar refractivity (Wildman–Crippen MR) is 74.1 cm³/mol. The van der Waals surface area contributed by atoms with Gasteiger partial charge in [-0.2, -0.15) is 0 Å². The van der Waals surface area contributed by atoms with Crippen LogP contribution in [-0.4, -0.2) is 47.6 Å². The molecule has 3 fully saturated rings. The maximum absolute atomic E-state index is 12.9. The summed E-state index contributed by atoms with van der Waals surface area (Å²) in [5.74, 6) is 0.0937. The molecule has 2 unspecified atom stereocenters. The molecule has 1 N–H and O–H groups in total. The van der Waals surface area contributed by atoms with Crippen molar-refractivity contribution in [1.29, 1.82) is 0 Å². The molecule has 1 aliphatic carbocycles. The summed E-state index contributed by atoms with van der Waals surface area (Å²) in [6.07, 6.45) is 6.90. The van der Waals surface area contributed by atoms with Crippen molar-refractivity contribution in [2.24, 2.45) is 0 Å². The maximum atomic E-state index is 12.9. The van der Waals surface area contributed by atoms with Gasteiger partial charge >= 0.3 is 0 Å². The van der Waals surface area contributed by atoms with Crippen LogP contribution in [0.5, 0.6) is 0 Å². The van der Waals surface area contributed by atoms with E-state index in [9.17, 15) is 9.59 Å². The Morgan fingerprint density at radius 1 is 1.25 bits per heavy atom. The third kappa shape index (κ3) is 2.32. The normalized spacial score (nSPS) is 31.4. The molecule has 112 valence electrons. The van der Waals surface area contributed by atoms with Gasteiger partial charge in [0, 0.05) is 6.61 Å². The summed E-state index contributed by atoms with van der Waals surface area (Å²) in [6.45, 7) is 2.97. The van der Waals surface area contributed by atoms with Crippen molar-refractivity contribution in [2.75, 3.05) is 13.2 Å². The van der Waals surface area contributed by atoms with Crippen LogP contribution in [0.2, 0.25) is 0 Å². The monoisotopic (exact) mass is 280 g/mol. The lowest BCUT2D eigenvalue weighted by Gasteiger charge is -2.46. The molecule has 2 heterocycles. The number of ether oxygens (including phenoxy) is 1. The highest BCUT2D eigenvalue weighted by Gasteiger charge is 2.49. The summed E-state index contributed by atoms with van der Waals surface area (Å²) in [7, 11) is 0. The van der Waals surface area contributed by atoms with Crippen molar-refractivity contribution in [2.45, 2.75) is 69.6 Å². The fraction of sp³-hybridized carbons (Fsp3) is 0.867. The van der Waals surface area contributed by atoms with Crippen molar-refractivity contribution in [3.63, 3.8) is 0 Å². The van der Waals surface area contributed by atoms with Gasteiger partial charge in [0.1, 0.15) is 12.1 Å². The third-order valence-corrected chi connectivity index (χ3v) is 5.06. The van der Waals surface area contributed by atoms with Crippen molar-refractivity contribution in [1.82, 2.24) is 10.2 Å². The minimum Gasteiger partial charge on any atom is -0.376 e. The van der Waals surface area contributed by atoms with Gasteiger partial charge in [-0.15, -0.1) is 0 Å². The van der Waals surface area contributed by atoms with Crippen molar-refractivity contribution >= 4 is 11.8 Å². The minimum atomic E-state index is -0.625. The summed E-state index contributed by atoms with van der Waals surface area (Å²) in [4.78, 5) is 26.7. The number of hydrogen-bond donors (Lipinski definition) is 1. The van der Waals surface area contributed by atoms with Crippen molar-refractivity contribution in [3.05, 3.63) is 0 Å². The Balaban J connectivity index is 1.79. The van der Waals surface area contributed by atoms with E-state index in [1.54, 1.807) is 4.90 Å². The average molecular weight is 280 g/mol. The van der Waals surface area contributed by atoms with E-state index in [4.69, 9.17) is 4.74 Å². The number of piperazine rings is 1. The average Bonchev–Trinajstić information content (AvgIpc) is 2.97. The molecule has 0 bridgehead atoms. The van der Waals surface area contributed by atoms with E-state index < -0.39 is 5.54 Å². The van der Waals surface area contributed by atoms with E-state index in [2.05, 4.69) is 5.32 Å². The predicted octanol–water partition coefficient (Wildman–Crippen LogP) is 1.22. The number of rotatable bonds is 2. The van der Waals surface area contributed by atoms with Gasteiger partial charge in [0.25, 0.3) is 0 Å². The second-order valence-corrected chi connectivity index (χ2v) is 6.42. The lowest BCUT2D eigenvalue weighted by atomic mass is 9.79. The third-order valence-electron chi connectivity index (χ3n) is 5.06. The van der Waals surface area contributed by atoms with Crippen LogP contribution in [0.15, 0.2) is 0 Å². The molecule has 5 nitrogen and oxygen atoms in total. The molecule has 0 aromatic heterocycles. The van der Waals surface area contributed by atoms with Gasteiger partial charge in [-0.1, -0.05) is 19.3 Å².